The number of nitrogens with zero attached hydrogens (tertiary/aromatic N) is 2. The number of phenols is 3. The van der Waals surface area contributed by atoms with Crippen molar-refractivity contribution in [1.82, 2.24) is 19.9 Å². The number of aromatic nitrogens is 4. The first-order valence-corrected chi connectivity index (χ1v) is 20.3. The van der Waals surface area contributed by atoms with Gasteiger partial charge >= 0.3 is 5.97 Å². The molecule has 0 unspecified atom stereocenters. The van der Waals surface area contributed by atoms with Crippen molar-refractivity contribution in [2.24, 2.45) is 0 Å². The number of hydrogen-bond acceptors (Lipinski definition) is 8. The third kappa shape index (κ3) is 7.92. The summed E-state index contributed by atoms with van der Waals surface area (Å²) in [5.74, 6) is 0.478. The minimum Gasteiger partial charge on any atom is -0.508 e. The lowest BCUT2D eigenvalue weighted by molar-refractivity contribution is -0.147. The number of nitrogens with one attached hydrogen (secondary N) is 2. The smallest absolute Gasteiger partial charge is 0.344 e. The first-order valence-electron chi connectivity index (χ1n) is 20.3. The first kappa shape index (κ1) is 38.6. The molecular weight excluding hydrogens is 789 g/mol. The number of ether oxygens (including phenoxy) is 2. The predicted molar refractivity (Wildman–Crippen MR) is 247 cm³/mol. The molecule has 0 spiro atoms. The normalized spacial score (nSPS) is 11.7. The Morgan fingerprint density at radius 2 is 0.794 bits per heavy atom. The van der Waals surface area contributed by atoms with Gasteiger partial charge in [0.25, 0.3) is 0 Å². The third-order valence-electron chi connectivity index (χ3n) is 11.0. The van der Waals surface area contributed by atoms with Crippen molar-refractivity contribution in [1.29, 1.82) is 0 Å². The van der Waals surface area contributed by atoms with Gasteiger partial charge < -0.3 is 34.8 Å². The van der Waals surface area contributed by atoms with Crippen molar-refractivity contribution in [2.75, 3.05) is 6.61 Å². The second kappa shape index (κ2) is 16.4. The summed E-state index contributed by atoms with van der Waals surface area (Å²) >= 11 is 0. The van der Waals surface area contributed by atoms with Gasteiger partial charge in [0.2, 0.25) is 0 Å². The number of carbonyl (C=O) groups excluding carboxylic acids is 1. The summed E-state index contributed by atoms with van der Waals surface area (Å²) in [7, 11) is 0. The standard InChI is InChI=1S/C53H38N4O6/c58-37-14-6-33(7-15-37)50-41-22-24-43(54-41)51(34-8-16-38(59)17-9-34)45-26-28-47(56-45)53(36-12-20-40(21-13-36)62-31-49(61)63-30-32-4-2-1-3-5-32)48-29-27-46(57-48)52(44-25-23-42(50)55-44)35-10-18-39(60)19-11-35/h1-29,54,57-60H,30-31H2. The number of hydrogen-bond donors (Lipinski definition) is 5. The lowest BCUT2D eigenvalue weighted by Gasteiger charge is -2.09. The van der Waals surface area contributed by atoms with E-state index < -0.39 is 5.97 Å². The lowest BCUT2D eigenvalue weighted by atomic mass is 10.0. The van der Waals surface area contributed by atoms with Crippen molar-refractivity contribution in [3.63, 3.8) is 0 Å². The van der Waals surface area contributed by atoms with E-state index in [4.69, 9.17) is 19.4 Å². The molecule has 10 nitrogen and oxygen atoms in total. The number of aromatic hydroxyl groups is 3. The van der Waals surface area contributed by atoms with Crippen molar-refractivity contribution in [3.05, 3.63) is 180 Å². The van der Waals surface area contributed by atoms with Gasteiger partial charge in [0.15, 0.2) is 6.61 Å². The van der Waals surface area contributed by atoms with E-state index in [1.54, 1.807) is 36.4 Å². The highest BCUT2D eigenvalue weighted by Gasteiger charge is 2.19. The molecule has 10 rings (SSSR count). The highest BCUT2D eigenvalue weighted by Crippen LogP contribution is 2.39. The molecule has 0 saturated heterocycles. The molecule has 0 aliphatic carbocycles. The van der Waals surface area contributed by atoms with Crippen LogP contribution in [0.4, 0.5) is 0 Å². The van der Waals surface area contributed by atoms with E-state index in [2.05, 4.69) is 9.97 Å². The maximum absolute atomic E-state index is 12.6. The number of aromatic amines is 2. The van der Waals surface area contributed by atoms with Gasteiger partial charge in [-0.1, -0.05) is 78.9 Å². The molecule has 63 heavy (non-hydrogen) atoms. The van der Waals surface area contributed by atoms with Crippen LogP contribution >= 0.6 is 0 Å². The van der Waals surface area contributed by atoms with Crippen LogP contribution in [0.5, 0.6) is 23.0 Å². The average molecular weight is 827 g/mol. The number of fused-ring (bicyclic) bond motifs is 8. The Labute approximate surface area is 361 Å². The summed E-state index contributed by atoms with van der Waals surface area (Å²) in [4.78, 5) is 30.5. The van der Waals surface area contributed by atoms with E-state index in [0.29, 0.717) is 28.5 Å². The summed E-state index contributed by atoms with van der Waals surface area (Å²) in [6.07, 6.45) is 7.95. The Balaban J connectivity index is 1.18. The number of carbonyl (C=O) groups is 1. The summed E-state index contributed by atoms with van der Waals surface area (Å²) < 4.78 is 11.3. The van der Waals surface area contributed by atoms with Gasteiger partial charge in [0.05, 0.1) is 22.8 Å². The Hall–Kier alpha value is -8.63. The second-order valence-electron chi connectivity index (χ2n) is 15.1. The molecule has 0 atom stereocenters. The molecule has 2 aliphatic heterocycles. The summed E-state index contributed by atoms with van der Waals surface area (Å²) in [5, 5.41) is 30.8. The molecule has 0 fully saturated rings. The minimum absolute atomic E-state index is 0.148. The van der Waals surface area contributed by atoms with E-state index in [1.165, 1.54) is 0 Å². The van der Waals surface area contributed by atoms with E-state index in [-0.39, 0.29) is 30.5 Å². The van der Waals surface area contributed by atoms with Crippen LogP contribution in [0, 0.1) is 0 Å². The molecule has 0 amide bonds. The number of phenolic OH excluding ortho intramolecular Hbond substituents is 3. The number of esters is 1. The van der Waals surface area contributed by atoms with Gasteiger partial charge in [0, 0.05) is 44.3 Å². The van der Waals surface area contributed by atoms with Gasteiger partial charge in [-0.2, -0.15) is 0 Å². The predicted octanol–water partition coefficient (Wildman–Crippen LogP) is 11.6. The van der Waals surface area contributed by atoms with Crippen molar-refractivity contribution >= 4 is 52.3 Å². The third-order valence-corrected chi connectivity index (χ3v) is 11.0. The van der Waals surface area contributed by atoms with Crippen LogP contribution in [0.1, 0.15) is 28.3 Å². The SMILES string of the molecule is O=C(COc1ccc(-c2c3nc(c(-c4ccc(O)cc4)c4ccc([nH]4)c(-c4ccc(O)cc4)c4nc(c(-c5ccc(O)cc5)c5ccc2[nH]5)C=C4)C=C3)cc1)OCc1ccccc1. The van der Waals surface area contributed by atoms with E-state index >= 15 is 0 Å². The minimum atomic E-state index is -0.473. The molecular formula is C53H38N4O6. The van der Waals surface area contributed by atoms with E-state index in [1.807, 2.05) is 140 Å². The zero-order chi connectivity index (χ0) is 42.9. The van der Waals surface area contributed by atoms with Crippen LogP contribution in [0.15, 0.2) is 152 Å². The Bertz CT molecular complexity index is 3200. The molecule has 10 heteroatoms. The zero-order valence-electron chi connectivity index (χ0n) is 33.6. The molecule has 2 aliphatic rings. The maximum atomic E-state index is 12.6. The summed E-state index contributed by atoms with van der Waals surface area (Å²) in [5.41, 5.74) is 13.5. The van der Waals surface area contributed by atoms with Gasteiger partial charge in [-0.15, -0.1) is 0 Å². The van der Waals surface area contributed by atoms with E-state index in [0.717, 1.165) is 72.1 Å². The van der Waals surface area contributed by atoms with Gasteiger partial charge in [0.1, 0.15) is 29.6 Å². The van der Waals surface area contributed by atoms with Crippen LogP contribution in [0.2, 0.25) is 0 Å². The Morgan fingerprint density at radius 3 is 1.16 bits per heavy atom. The molecule has 5 heterocycles. The van der Waals surface area contributed by atoms with Gasteiger partial charge in [-0.05, 0) is 125 Å². The molecule has 306 valence electrons. The maximum Gasteiger partial charge on any atom is 0.344 e. The van der Waals surface area contributed by atoms with Crippen LogP contribution in [0.3, 0.4) is 0 Å². The van der Waals surface area contributed by atoms with Crippen molar-refractivity contribution in [2.45, 2.75) is 6.61 Å². The quantitative estimate of drug-likeness (QED) is 0.0901. The lowest BCUT2D eigenvalue weighted by Crippen LogP contribution is -2.14. The molecule has 0 radical (unpaired) electrons. The molecule has 8 bridgehead atoms. The number of benzene rings is 5. The molecule has 8 aromatic rings. The van der Waals surface area contributed by atoms with Crippen molar-refractivity contribution < 1.29 is 29.6 Å². The average Bonchev–Trinajstić information content (AvgIpc) is 4.16. The molecule has 0 saturated carbocycles. The number of H-pyrrole nitrogens is 2. The summed E-state index contributed by atoms with van der Waals surface area (Å²) in [6, 6.07) is 46.2. The zero-order valence-corrected chi connectivity index (χ0v) is 33.6. The van der Waals surface area contributed by atoms with Crippen LogP contribution in [0.25, 0.3) is 90.9 Å². The molecule has 3 aromatic heterocycles. The van der Waals surface area contributed by atoms with Crippen LogP contribution in [-0.4, -0.2) is 47.8 Å². The topological polar surface area (TPSA) is 154 Å². The fourth-order valence-corrected chi connectivity index (χ4v) is 7.94. The van der Waals surface area contributed by atoms with E-state index in [9.17, 15) is 20.1 Å². The molecule has 5 N–H and O–H groups in total. The highest BCUT2D eigenvalue weighted by atomic mass is 16.6. The second-order valence-corrected chi connectivity index (χ2v) is 15.1. The fourth-order valence-electron chi connectivity index (χ4n) is 7.94. The van der Waals surface area contributed by atoms with Gasteiger partial charge in [-0.3, -0.25) is 0 Å². The van der Waals surface area contributed by atoms with Crippen molar-refractivity contribution in [3.8, 4) is 67.5 Å². The summed E-state index contributed by atoms with van der Waals surface area (Å²) in [6.45, 7) is -0.0768. The monoisotopic (exact) mass is 826 g/mol. The van der Waals surface area contributed by atoms with Gasteiger partial charge in [-0.25, -0.2) is 14.8 Å². The fraction of sp³-hybridized carbons (Fsp3) is 0.0377. The van der Waals surface area contributed by atoms with Crippen LogP contribution in [-0.2, 0) is 16.1 Å². The largest absolute Gasteiger partial charge is 0.508 e. The Morgan fingerprint density at radius 1 is 0.444 bits per heavy atom. The first-order chi connectivity index (χ1) is 30.8. The Kier molecular flexibility index (Phi) is 10.1. The van der Waals surface area contributed by atoms with Crippen LogP contribution < -0.4 is 4.74 Å². The highest BCUT2D eigenvalue weighted by molar-refractivity contribution is 6.00. The molecule has 5 aromatic carbocycles. The number of rotatable bonds is 9.